The first-order chi connectivity index (χ1) is 15.4. The van der Waals surface area contributed by atoms with Crippen molar-refractivity contribution in [3.8, 4) is 0 Å². The van der Waals surface area contributed by atoms with Crippen LogP contribution in [0.4, 0.5) is 10.1 Å². The van der Waals surface area contributed by atoms with Gasteiger partial charge in [0, 0.05) is 25.1 Å². The molecule has 0 radical (unpaired) electrons. The van der Waals surface area contributed by atoms with Gasteiger partial charge in [-0.3, -0.25) is 9.10 Å². The molecule has 5 rings (SSSR count). The summed E-state index contributed by atoms with van der Waals surface area (Å²) in [5.74, 6) is -0.727. The number of halogens is 1. The van der Waals surface area contributed by atoms with E-state index in [4.69, 9.17) is 4.74 Å². The molecule has 166 valence electrons. The number of rotatable bonds is 6. The predicted molar refractivity (Wildman–Crippen MR) is 119 cm³/mol. The molecule has 8 heteroatoms. The van der Waals surface area contributed by atoms with Crippen molar-refractivity contribution in [2.24, 2.45) is 0 Å². The van der Waals surface area contributed by atoms with Crippen molar-refractivity contribution in [1.82, 2.24) is 4.90 Å². The maximum absolute atomic E-state index is 13.7. The zero-order chi connectivity index (χ0) is 22.3. The molecule has 32 heavy (non-hydrogen) atoms. The molecule has 2 aliphatic rings. The topological polar surface area (TPSA) is 66.9 Å². The Morgan fingerprint density at radius 2 is 1.91 bits per heavy atom. The highest BCUT2D eigenvalue weighted by Crippen LogP contribution is 2.41. The summed E-state index contributed by atoms with van der Waals surface area (Å²) < 4.78 is 47.1. The lowest BCUT2D eigenvalue weighted by molar-refractivity contribution is -0.131. The number of carbonyl (C=O) groups excluding carboxylic acids is 1. The van der Waals surface area contributed by atoms with E-state index in [-0.39, 0.29) is 35.8 Å². The van der Waals surface area contributed by atoms with E-state index in [0.29, 0.717) is 29.8 Å². The van der Waals surface area contributed by atoms with Crippen LogP contribution in [0.2, 0.25) is 0 Å². The molecule has 1 amide bonds. The molecule has 1 saturated heterocycles. The SMILES string of the molecule is O=C(CN1c2cccc3cccc(c23)S1(=O)=O)N(Cc1cccc(F)c1)CC1CCCO1. The van der Waals surface area contributed by atoms with Crippen LogP contribution in [0.3, 0.4) is 0 Å². The highest BCUT2D eigenvalue weighted by molar-refractivity contribution is 7.93. The van der Waals surface area contributed by atoms with E-state index in [1.807, 2.05) is 12.1 Å². The predicted octanol–water partition coefficient (Wildman–Crippen LogP) is 3.70. The van der Waals surface area contributed by atoms with Crippen LogP contribution in [0.15, 0.2) is 65.6 Å². The summed E-state index contributed by atoms with van der Waals surface area (Å²) >= 11 is 0. The molecule has 0 saturated carbocycles. The molecule has 3 aromatic carbocycles. The van der Waals surface area contributed by atoms with E-state index >= 15 is 0 Å². The number of nitrogens with zero attached hydrogens (tertiary/aromatic N) is 2. The summed E-state index contributed by atoms with van der Waals surface area (Å²) in [7, 11) is -3.84. The van der Waals surface area contributed by atoms with Crippen molar-refractivity contribution in [3.05, 3.63) is 72.0 Å². The van der Waals surface area contributed by atoms with Gasteiger partial charge in [0.05, 0.1) is 16.7 Å². The highest BCUT2D eigenvalue weighted by atomic mass is 32.2. The molecule has 1 unspecified atom stereocenters. The summed E-state index contributed by atoms with van der Waals surface area (Å²) in [4.78, 5) is 15.2. The Morgan fingerprint density at radius 3 is 2.66 bits per heavy atom. The molecule has 2 heterocycles. The van der Waals surface area contributed by atoms with Crippen LogP contribution >= 0.6 is 0 Å². The first kappa shape index (κ1) is 20.9. The van der Waals surface area contributed by atoms with Crippen LogP contribution in [0.25, 0.3) is 10.8 Å². The van der Waals surface area contributed by atoms with Gasteiger partial charge in [-0.25, -0.2) is 12.8 Å². The number of sulfonamides is 1. The van der Waals surface area contributed by atoms with Crippen molar-refractivity contribution in [2.45, 2.75) is 30.4 Å². The Morgan fingerprint density at radius 1 is 1.12 bits per heavy atom. The van der Waals surface area contributed by atoms with Gasteiger partial charge in [0.1, 0.15) is 12.4 Å². The van der Waals surface area contributed by atoms with Crippen molar-refractivity contribution in [1.29, 1.82) is 0 Å². The minimum atomic E-state index is -3.84. The normalized spacial score (nSPS) is 18.9. The molecular weight excluding hydrogens is 431 g/mol. The number of carbonyl (C=O) groups is 1. The Kier molecular flexibility index (Phi) is 5.35. The third-order valence-electron chi connectivity index (χ3n) is 6.02. The Hall–Kier alpha value is -2.97. The van der Waals surface area contributed by atoms with Crippen molar-refractivity contribution in [2.75, 3.05) is 24.0 Å². The summed E-state index contributed by atoms with van der Waals surface area (Å²) in [5, 5.41) is 1.45. The second-order valence-corrected chi connectivity index (χ2v) is 10.0. The molecule has 0 spiro atoms. The van der Waals surface area contributed by atoms with Crippen molar-refractivity contribution in [3.63, 3.8) is 0 Å². The van der Waals surface area contributed by atoms with E-state index in [1.165, 1.54) is 16.4 Å². The molecule has 3 aromatic rings. The van der Waals surface area contributed by atoms with Gasteiger partial charge in [-0.15, -0.1) is 0 Å². The van der Waals surface area contributed by atoms with Gasteiger partial charge in [-0.1, -0.05) is 36.4 Å². The van der Waals surface area contributed by atoms with Crippen molar-refractivity contribution < 1.29 is 22.3 Å². The van der Waals surface area contributed by atoms with Crippen LogP contribution in [-0.4, -0.2) is 45.0 Å². The summed E-state index contributed by atoms with van der Waals surface area (Å²) in [6, 6.07) is 16.6. The van der Waals surface area contributed by atoms with Crippen LogP contribution in [0, 0.1) is 5.82 Å². The van der Waals surface area contributed by atoms with Gasteiger partial charge in [0.2, 0.25) is 5.91 Å². The minimum absolute atomic E-state index is 0.108. The lowest BCUT2D eigenvalue weighted by Crippen LogP contribution is -2.44. The van der Waals surface area contributed by atoms with Gasteiger partial charge in [0.25, 0.3) is 10.0 Å². The Labute approximate surface area is 186 Å². The van der Waals surface area contributed by atoms with Crippen molar-refractivity contribution >= 4 is 32.4 Å². The van der Waals surface area contributed by atoms with Crippen LogP contribution < -0.4 is 4.31 Å². The molecule has 0 N–H and O–H groups in total. The maximum atomic E-state index is 13.7. The molecule has 6 nitrogen and oxygen atoms in total. The quantitative estimate of drug-likeness (QED) is 0.570. The number of amides is 1. The number of benzene rings is 3. The fourth-order valence-corrected chi connectivity index (χ4v) is 6.16. The summed E-state index contributed by atoms with van der Waals surface area (Å²) in [5.41, 5.74) is 1.15. The van der Waals surface area contributed by atoms with Gasteiger partial charge < -0.3 is 9.64 Å². The molecule has 1 atom stereocenters. The van der Waals surface area contributed by atoms with Crippen LogP contribution in [0.5, 0.6) is 0 Å². The second kappa shape index (κ2) is 8.18. The fraction of sp³-hybridized carbons (Fsp3) is 0.292. The molecule has 2 aliphatic heterocycles. The first-order valence-electron chi connectivity index (χ1n) is 10.6. The van der Waals surface area contributed by atoms with Gasteiger partial charge >= 0.3 is 0 Å². The van der Waals surface area contributed by atoms with Gasteiger partial charge in [0.15, 0.2) is 0 Å². The number of ether oxygens (including phenoxy) is 1. The first-order valence-corrected chi connectivity index (χ1v) is 12.1. The van der Waals surface area contributed by atoms with E-state index in [0.717, 1.165) is 18.2 Å². The maximum Gasteiger partial charge on any atom is 0.265 e. The lowest BCUT2D eigenvalue weighted by Gasteiger charge is -2.28. The summed E-state index contributed by atoms with van der Waals surface area (Å²) in [6.45, 7) is 0.838. The van der Waals surface area contributed by atoms with E-state index < -0.39 is 10.0 Å². The molecule has 0 aromatic heterocycles. The minimum Gasteiger partial charge on any atom is -0.376 e. The zero-order valence-electron chi connectivity index (χ0n) is 17.4. The Balaban J connectivity index is 1.44. The Bertz CT molecular complexity index is 1280. The molecular formula is C24H23FN2O4S. The lowest BCUT2D eigenvalue weighted by atomic mass is 10.1. The van der Waals surface area contributed by atoms with E-state index in [9.17, 15) is 17.6 Å². The van der Waals surface area contributed by atoms with E-state index in [1.54, 1.807) is 41.3 Å². The highest BCUT2D eigenvalue weighted by Gasteiger charge is 2.37. The fourth-order valence-electron chi connectivity index (χ4n) is 4.50. The molecule has 0 aliphatic carbocycles. The average Bonchev–Trinajstić information content (AvgIpc) is 3.36. The van der Waals surface area contributed by atoms with Crippen LogP contribution in [0.1, 0.15) is 18.4 Å². The third-order valence-corrected chi connectivity index (χ3v) is 7.83. The molecule has 1 fully saturated rings. The molecule has 0 bridgehead atoms. The van der Waals surface area contributed by atoms with Gasteiger partial charge in [-0.2, -0.15) is 0 Å². The standard InChI is InChI=1S/C24H23FN2O4S/c25-19-8-1-5-17(13-19)14-26(15-20-9-4-12-31-20)23(28)16-27-21-10-2-6-18-7-3-11-22(24(18)21)32(27,29)30/h1-3,5-8,10-11,13,20H,4,9,12,14-16H2. The van der Waals surface area contributed by atoms with Crippen LogP contribution in [-0.2, 0) is 26.1 Å². The third kappa shape index (κ3) is 3.73. The summed E-state index contributed by atoms with van der Waals surface area (Å²) in [6.07, 6.45) is 1.65. The average molecular weight is 455 g/mol. The zero-order valence-corrected chi connectivity index (χ0v) is 18.2. The smallest absolute Gasteiger partial charge is 0.265 e. The number of hydrogen-bond acceptors (Lipinski definition) is 4. The number of hydrogen-bond donors (Lipinski definition) is 0. The van der Waals surface area contributed by atoms with E-state index in [2.05, 4.69) is 0 Å². The largest absolute Gasteiger partial charge is 0.376 e. The second-order valence-electron chi connectivity index (χ2n) is 8.18. The van der Waals surface area contributed by atoms with Gasteiger partial charge in [-0.05, 0) is 48.1 Å². The monoisotopic (exact) mass is 454 g/mol. The number of anilines is 1.